The first-order chi connectivity index (χ1) is 17.8. The largest absolute Gasteiger partial charge is 0.383 e. The van der Waals surface area contributed by atoms with Crippen LogP contribution in [0.4, 0.5) is 5.82 Å². The molecule has 4 atom stereocenters. The Morgan fingerprint density at radius 2 is 2.03 bits per heavy atom. The van der Waals surface area contributed by atoms with Crippen LogP contribution in [-0.4, -0.2) is 49.1 Å². The van der Waals surface area contributed by atoms with Crippen molar-refractivity contribution in [1.82, 2.24) is 19.5 Å². The summed E-state index contributed by atoms with van der Waals surface area (Å²) in [6, 6.07) is 10.8. The van der Waals surface area contributed by atoms with Crippen molar-refractivity contribution in [3.63, 3.8) is 0 Å². The zero-order valence-corrected chi connectivity index (χ0v) is 21.7. The van der Waals surface area contributed by atoms with Gasteiger partial charge in [-0.2, -0.15) is 0 Å². The molecule has 37 heavy (non-hydrogen) atoms. The van der Waals surface area contributed by atoms with Crippen molar-refractivity contribution in [3.05, 3.63) is 54.1 Å². The molecule has 7 rings (SSSR count). The number of aromatic nitrogens is 4. The molecule has 2 fully saturated rings. The molecule has 3 aromatic heterocycles. The molecule has 4 aromatic rings. The van der Waals surface area contributed by atoms with Gasteiger partial charge in [0.15, 0.2) is 5.79 Å². The smallest absolute Gasteiger partial charge is 0.163 e. The molecule has 1 saturated carbocycles. The van der Waals surface area contributed by atoms with Gasteiger partial charge in [-0.15, -0.1) is 11.8 Å². The Morgan fingerprint density at radius 3 is 2.92 bits per heavy atom. The number of thioether (sulfide) groups is 1. The molecule has 2 aliphatic heterocycles. The van der Waals surface area contributed by atoms with Gasteiger partial charge in [-0.25, -0.2) is 9.97 Å². The maximum Gasteiger partial charge on any atom is 0.163 e. The molecule has 190 valence electrons. The van der Waals surface area contributed by atoms with Crippen LogP contribution in [0.5, 0.6) is 0 Å². The molecule has 1 aliphatic carbocycles. The van der Waals surface area contributed by atoms with Crippen LogP contribution in [0.25, 0.3) is 21.9 Å². The van der Waals surface area contributed by atoms with Crippen LogP contribution in [0.15, 0.2) is 47.8 Å². The lowest BCUT2D eigenvalue weighted by Crippen LogP contribution is -2.27. The van der Waals surface area contributed by atoms with Crippen molar-refractivity contribution in [2.24, 2.45) is 5.92 Å². The Kier molecular flexibility index (Phi) is 5.32. The van der Waals surface area contributed by atoms with Gasteiger partial charge in [-0.05, 0) is 62.8 Å². The van der Waals surface area contributed by atoms with E-state index < -0.39 is 5.79 Å². The predicted molar refractivity (Wildman–Crippen MR) is 142 cm³/mol. The molecule has 1 aromatic carbocycles. The van der Waals surface area contributed by atoms with Gasteiger partial charge in [-0.1, -0.05) is 12.1 Å². The number of rotatable bonds is 4. The van der Waals surface area contributed by atoms with E-state index in [-0.39, 0.29) is 24.0 Å². The molecule has 0 bridgehead atoms. The summed E-state index contributed by atoms with van der Waals surface area (Å²) in [5, 5.41) is 1.99. The highest BCUT2D eigenvalue weighted by atomic mass is 32.2. The van der Waals surface area contributed by atoms with Crippen molar-refractivity contribution in [3.8, 4) is 0 Å². The number of anilines is 1. The van der Waals surface area contributed by atoms with E-state index in [1.54, 1.807) is 11.8 Å². The molecule has 1 saturated heterocycles. The van der Waals surface area contributed by atoms with Gasteiger partial charge in [0.05, 0.1) is 40.9 Å². The first kappa shape index (κ1) is 23.1. The number of Topliss-reactive ketones (excluding diaryl/α,β-unsaturated/α-hetero) is 1. The quantitative estimate of drug-likeness (QED) is 0.424. The molecule has 0 spiro atoms. The van der Waals surface area contributed by atoms with Crippen molar-refractivity contribution >= 4 is 45.3 Å². The lowest BCUT2D eigenvalue weighted by molar-refractivity contribution is -0.160. The van der Waals surface area contributed by atoms with Crippen molar-refractivity contribution in [1.29, 1.82) is 0 Å². The summed E-state index contributed by atoms with van der Waals surface area (Å²) in [5.41, 5.74) is 10.1. The number of aryl methyl sites for hydroxylation is 1. The van der Waals surface area contributed by atoms with E-state index in [2.05, 4.69) is 38.8 Å². The number of hydrogen-bond donors (Lipinski definition) is 1. The Bertz CT molecular complexity index is 1550. The van der Waals surface area contributed by atoms with E-state index in [4.69, 9.17) is 20.2 Å². The summed E-state index contributed by atoms with van der Waals surface area (Å²) in [5.74, 6) is 1.01. The Balaban J connectivity index is 1.14. The molecule has 9 heteroatoms. The van der Waals surface area contributed by atoms with Crippen molar-refractivity contribution < 1.29 is 14.3 Å². The third-order valence-corrected chi connectivity index (χ3v) is 9.06. The Labute approximate surface area is 219 Å². The summed E-state index contributed by atoms with van der Waals surface area (Å²) in [6.45, 7) is 3.98. The molecular weight excluding hydrogens is 486 g/mol. The third-order valence-electron chi connectivity index (χ3n) is 7.93. The Hall–Kier alpha value is -3.01. The molecule has 0 unspecified atom stereocenters. The number of ketones is 1. The van der Waals surface area contributed by atoms with Crippen molar-refractivity contribution in [2.45, 2.75) is 68.5 Å². The lowest BCUT2D eigenvalue weighted by Gasteiger charge is -2.24. The van der Waals surface area contributed by atoms with Gasteiger partial charge in [0, 0.05) is 16.5 Å². The standard InChI is InChI=1S/C28H29N5O3S/c1-28(2)35-24-17(10-22(25(24)36-28)33-8-7-19-26(29)30-14-31-27(19)33)6-4-15-3-5-16-11-23-21(32-20(16)9-15)12-18(34)13-37-23/h3,5,7-9,11,14,17,22,24-25H,4,6,10,12-13H2,1-2H3,(H2,29,30,31)/t17-,22+,24+,25-/m0/s1. The zero-order valence-electron chi connectivity index (χ0n) is 20.9. The third kappa shape index (κ3) is 4.00. The number of benzene rings is 1. The molecule has 8 nitrogen and oxygen atoms in total. The number of pyridine rings is 1. The van der Waals surface area contributed by atoms with Gasteiger partial charge < -0.3 is 19.8 Å². The first-order valence-electron chi connectivity index (χ1n) is 12.8. The molecule has 0 radical (unpaired) electrons. The monoisotopic (exact) mass is 515 g/mol. The van der Waals surface area contributed by atoms with Crippen LogP contribution < -0.4 is 5.73 Å². The minimum atomic E-state index is -0.620. The average Bonchev–Trinajstić information content (AvgIpc) is 3.53. The van der Waals surface area contributed by atoms with E-state index in [1.165, 1.54) is 11.9 Å². The number of carbonyl (C=O) groups is 1. The fourth-order valence-corrected chi connectivity index (χ4v) is 7.17. The van der Waals surface area contributed by atoms with E-state index in [9.17, 15) is 4.79 Å². The topological polar surface area (TPSA) is 105 Å². The summed E-state index contributed by atoms with van der Waals surface area (Å²) >= 11 is 1.60. The zero-order chi connectivity index (χ0) is 25.3. The maximum absolute atomic E-state index is 11.9. The number of nitrogen functional groups attached to an aromatic ring is 1. The number of nitrogens with zero attached hydrogens (tertiary/aromatic N) is 4. The second-order valence-corrected chi connectivity index (χ2v) is 11.9. The highest BCUT2D eigenvalue weighted by molar-refractivity contribution is 8.00. The minimum absolute atomic E-state index is 0.0188. The summed E-state index contributed by atoms with van der Waals surface area (Å²) in [7, 11) is 0. The van der Waals surface area contributed by atoms with Gasteiger partial charge in [0.2, 0.25) is 0 Å². The van der Waals surface area contributed by atoms with Gasteiger partial charge in [-0.3, -0.25) is 9.78 Å². The summed E-state index contributed by atoms with van der Waals surface area (Å²) in [6.07, 6.45) is 6.83. The molecular formula is C28H29N5O3S. The van der Waals surface area contributed by atoms with E-state index in [0.29, 0.717) is 23.9 Å². The van der Waals surface area contributed by atoms with Gasteiger partial charge in [0.25, 0.3) is 0 Å². The molecule has 3 aliphatic rings. The summed E-state index contributed by atoms with van der Waals surface area (Å²) in [4.78, 5) is 26.6. The van der Waals surface area contributed by atoms with Crippen LogP contribution in [0.3, 0.4) is 0 Å². The number of fused-ring (bicyclic) bond motifs is 4. The van der Waals surface area contributed by atoms with E-state index >= 15 is 0 Å². The predicted octanol–water partition coefficient (Wildman–Crippen LogP) is 4.49. The highest BCUT2D eigenvalue weighted by Crippen LogP contribution is 2.49. The molecule has 0 amide bonds. The molecule has 2 N–H and O–H groups in total. The van der Waals surface area contributed by atoms with E-state index in [0.717, 1.165) is 51.8 Å². The maximum atomic E-state index is 11.9. The first-order valence-corrected chi connectivity index (χ1v) is 13.8. The fourth-order valence-electron chi connectivity index (χ4n) is 6.26. The number of nitrogens with two attached hydrogens (primary N) is 1. The number of carbonyl (C=O) groups excluding carboxylic acids is 1. The SMILES string of the molecule is CC1(C)O[C@@H]2[C@@H](CCc3ccc4cc5c(nc4c3)CC(=O)CS5)C[C@@H](n3ccc4c(N)ncnc43)[C@@H]2O1. The normalized spacial score (nSPS) is 26.6. The number of ether oxygens (including phenoxy) is 2. The van der Waals surface area contributed by atoms with Crippen LogP contribution >= 0.6 is 11.8 Å². The fraction of sp³-hybridized carbons (Fsp3) is 0.429. The van der Waals surface area contributed by atoms with Gasteiger partial charge in [0.1, 0.15) is 29.7 Å². The second-order valence-electron chi connectivity index (χ2n) is 10.9. The molecule has 5 heterocycles. The van der Waals surface area contributed by atoms with Crippen molar-refractivity contribution in [2.75, 3.05) is 11.5 Å². The van der Waals surface area contributed by atoms with E-state index in [1.807, 2.05) is 26.1 Å². The number of hydrogen-bond acceptors (Lipinski definition) is 8. The van der Waals surface area contributed by atoms with Gasteiger partial charge >= 0.3 is 0 Å². The minimum Gasteiger partial charge on any atom is -0.383 e. The van der Waals surface area contributed by atoms with Crippen LogP contribution in [0.2, 0.25) is 0 Å². The average molecular weight is 516 g/mol. The van der Waals surface area contributed by atoms with Crippen LogP contribution in [0, 0.1) is 5.92 Å². The summed E-state index contributed by atoms with van der Waals surface area (Å²) < 4.78 is 15.1. The lowest BCUT2D eigenvalue weighted by atomic mass is 9.95. The second kappa shape index (κ2) is 8.51. The van der Waals surface area contributed by atoms with Crippen LogP contribution in [-0.2, 0) is 27.1 Å². The Morgan fingerprint density at radius 1 is 1.16 bits per heavy atom. The highest BCUT2D eigenvalue weighted by Gasteiger charge is 2.54. The van der Waals surface area contributed by atoms with Crippen LogP contribution in [0.1, 0.15) is 44.0 Å².